The molecule has 1 fully saturated rings. The van der Waals surface area contributed by atoms with Crippen molar-refractivity contribution in [1.82, 2.24) is 10.2 Å². The number of carboxylic acid groups (broad SMARTS) is 1. The first-order valence-electron chi connectivity index (χ1n) is 6.39. The molecule has 0 bridgehead atoms. The van der Waals surface area contributed by atoms with Crippen LogP contribution in [-0.4, -0.2) is 58.8 Å². The van der Waals surface area contributed by atoms with E-state index in [1.165, 1.54) is 6.92 Å². The largest absolute Gasteiger partial charge is 0.480 e. The molecule has 0 aromatic carbocycles. The molecule has 1 rings (SSSR count). The molecular weight excluding hydrogens is 236 g/mol. The van der Waals surface area contributed by atoms with Gasteiger partial charge < -0.3 is 15.5 Å². The maximum Gasteiger partial charge on any atom is 0.327 e. The van der Waals surface area contributed by atoms with Crippen LogP contribution in [0.5, 0.6) is 0 Å². The van der Waals surface area contributed by atoms with Gasteiger partial charge in [-0.3, -0.25) is 9.69 Å². The minimum absolute atomic E-state index is 0.165. The summed E-state index contributed by atoms with van der Waals surface area (Å²) in [6, 6.07) is -0.523. The molecular formula is C12H22N2O4. The average Bonchev–Trinajstić information content (AvgIpc) is 2.72. The smallest absolute Gasteiger partial charge is 0.327 e. The first kappa shape index (κ1) is 14.9. The normalized spacial score (nSPS) is 21.8. The Balaban J connectivity index is 2.51. The van der Waals surface area contributed by atoms with Crippen LogP contribution in [0.2, 0.25) is 0 Å². The monoisotopic (exact) mass is 258 g/mol. The summed E-state index contributed by atoms with van der Waals surface area (Å²) in [4.78, 5) is 24.1. The third kappa shape index (κ3) is 4.62. The maximum atomic E-state index is 11.1. The standard InChI is InChI=1S/C12H22N2O4/c1-9(16)13-11(12(17)18)8-14-6-2-4-10(14)5-3-7-15/h10-11,15H,2-8H2,1H3,(H,13,16)(H,17,18). The molecule has 1 aliphatic heterocycles. The predicted molar refractivity (Wildman–Crippen MR) is 66.2 cm³/mol. The Kier molecular flexibility index (Phi) is 6.07. The zero-order chi connectivity index (χ0) is 13.5. The molecule has 0 aromatic heterocycles. The fourth-order valence-electron chi connectivity index (χ4n) is 2.45. The highest BCUT2D eigenvalue weighted by Crippen LogP contribution is 2.21. The number of aliphatic hydroxyl groups excluding tert-OH is 1. The lowest BCUT2D eigenvalue weighted by Gasteiger charge is -2.27. The predicted octanol–water partition coefficient (Wildman–Crippen LogP) is -0.187. The van der Waals surface area contributed by atoms with E-state index in [-0.39, 0.29) is 12.5 Å². The van der Waals surface area contributed by atoms with Crippen LogP contribution < -0.4 is 5.32 Å². The van der Waals surface area contributed by atoms with Gasteiger partial charge in [0, 0.05) is 26.1 Å². The lowest BCUT2D eigenvalue weighted by Crippen LogP contribution is -2.49. The van der Waals surface area contributed by atoms with Crippen molar-refractivity contribution in [3.63, 3.8) is 0 Å². The van der Waals surface area contributed by atoms with E-state index >= 15 is 0 Å². The number of aliphatic carboxylic acids is 1. The lowest BCUT2D eigenvalue weighted by atomic mass is 10.1. The molecule has 0 aliphatic carbocycles. The number of carboxylic acids is 1. The summed E-state index contributed by atoms with van der Waals surface area (Å²) < 4.78 is 0. The summed E-state index contributed by atoms with van der Waals surface area (Å²) in [5.41, 5.74) is 0. The number of aliphatic hydroxyl groups is 1. The summed E-state index contributed by atoms with van der Waals surface area (Å²) in [5, 5.41) is 20.3. The summed E-state index contributed by atoms with van der Waals surface area (Å²) in [6.45, 7) is 2.69. The van der Waals surface area contributed by atoms with Gasteiger partial charge in [0.1, 0.15) is 6.04 Å². The van der Waals surface area contributed by atoms with Crippen molar-refractivity contribution in [3.05, 3.63) is 0 Å². The second kappa shape index (κ2) is 7.33. The molecule has 6 nitrogen and oxygen atoms in total. The van der Waals surface area contributed by atoms with E-state index in [1.54, 1.807) is 0 Å². The number of nitrogens with one attached hydrogen (secondary N) is 1. The Morgan fingerprint density at radius 1 is 1.50 bits per heavy atom. The van der Waals surface area contributed by atoms with Crippen molar-refractivity contribution in [3.8, 4) is 0 Å². The molecule has 1 amide bonds. The van der Waals surface area contributed by atoms with Crippen molar-refractivity contribution in [2.24, 2.45) is 0 Å². The van der Waals surface area contributed by atoms with E-state index < -0.39 is 12.0 Å². The van der Waals surface area contributed by atoms with Gasteiger partial charge in [-0.2, -0.15) is 0 Å². The Labute approximate surface area is 107 Å². The van der Waals surface area contributed by atoms with Crippen LogP contribution in [0.25, 0.3) is 0 Å². The minimum atomic E-state index is -1.00. The molecule has 6 heteroatoms. The van der Waals surface area contributed by atoms with Gasteiger partial charge in [0.25, 0.3) is 0 Å². The van der Waals surface area contributed by atoms with E-state index in [1.807, 2.05) is 0 Å². The van der Waals surface area contributed by atoms with Crippen molar-refractivity contribution in [2.45, 2.75) is 44.7 Å². The van der Waals surface area contributed by atoms with Crippen LogP contribution in [0.3, 0.4) is 0 Å². The molecule has 18 heavy (non-hydrogen) atoms. The first-order chi connectivity index (χ1) is 8.54. The summed E-state index contributed by atoms with van der Waals surface area (Å²) in [7, 11) is 0. The Morgan fingerprint density at radius 3 is 2.78 bits per heavy atom. The molecule has 0 radical (unpaired) electrons. The highest BCUT2D eigenvalue weighted by molar-refractivity contribution is 5.82. The summed E-state index contributed by atoms with van der Waals surface area (Å²) in [6.07, 6.45) is 3.69. The number of carbonyl (C=O) groups excluding carboxylic acids is 1. The van der Waals surface area contributed by atoms with Crippen molar-refractivity contribution in [1.29, 1.82) is 0 Å². The highest BCUT2D eigenvalue weighted by atomic mass is 16.4. The fraction of sp³-hybridized carbons (Fsp3) is 0.833. The third-order valence-electron chi connectivity index (χ3n) is 3.29. The zero-order valence-electron chi connectivity index (χ0n) is 10.8. The maximum absolute atomic E-state index is 11.1. The van der Waals surface area contributed by atoms with Crippen molar-refractivity contribution >= 4 is 11.9 Å². The van der Waals surface area contributed by atoms with Crippen molar-refractivity contribution < 1.29 is 19.8 Å². The van der Waals surface area contributed by atoms with Crippen LogP contribution in [0.4, 0.5) is 0 Å². The number of hydrogen-bond donors (Lipinski definition) is 3. The molecule has 0 spiro atoms. The molecule has 1 heterocycles. The van der Waals surface area contributed by atoms with Gasteiger partial charge in [0.2, 0.25) is 5.91 Å². The highest BCUT2D eigenvalue weighted by Gasteiger charge is 2.29. The minimum Gasteiger partial charge on any atom is -0.480 e. The quantitative estimate of drug-likeness (QED) is 0.589. The molecule has 2 unspecified atom stereocenters. The van der Waals surface area contributed by atoms with Gasteiger partial charge in [-0.05, 0) is 32.2 Å². The topological polar surface area (TPSA) is 89.9 Å². The van der Waals surface area contributed by atoms with Crippen LogP contribution in [-0.2, 0) is 9.59 Å². The third-order valence-corrected chi connectivity index (χ3v) is 3.29. The fourth-order valence-corrected chi connectivity index (χ4v) is 2.45. The van der Waals surface area contributed by atoms with E-state index in [9.17, 15) is 9.59 Å². The van der Waals surface area contributed by atoms with Crippen LogP contribution in [0.15, 0.2) is 0 Å². The Hall–Kier alpha value is -1.14. The van der Waals surface area contributed by atoms with Gasteiger partial charge in [0.05, 0.1) is 0 Å². The Bertz CT molecular complexity index is 296. The van der Waals surface area contributed by atoms with E-state index in [4.69, 9.17) is 10.2 Å². The van der Waals surface area contributed by atoms with E-state index in [0.717, 1.165) is 32.2 Å². The SMILES string of the molecule is CC(=O)NC(CN1CCCC1CCCO)C(=O)O. The molecule has 2 atom stereocenters. The number of amides is 1. The molecule has 3 N–H and O–H groups in total. The summed E-state index contributed by atoms with van der Waals surface area (Å²) >= 11 is 0. The zero-order valence-corrected chi connectivity index (χ0v) is 10.8. The van der Waals surface area contributed by atoms with Gasteiger partial charge in [0.15, 0.2) is 0 Å². The lowest BCUT2D eigenvalue weighted by molar-refractivity contribution is -0.142. The van der Waals surface area contributed by atoms with E-state index in [2.05, 4.69) is 10.2 Å². The van der Waals surface area contributed by atoms with Gasteiger partial charge >= 0.3 is 5.97 Å². The van der Waals surface area contributed by atoms with Crippen LogP contribution >= 0.6 is 0 Å². The molecule has 1 aliphatic rings. The second-order valence-corrected chi connectivity index (χ2v) is 4.75. The Morgan fingerprint density at radius 2 is 2.22 bits per heavy atom. The van der Waals surface area contributed by atoms with Gasteiger partial charge in [-0.1, -0.05) is 0 Å². The van der Waals surface area contributed by atoms with E-state index in [0.29, 0.717) is 12.6 Å². The second-order valence-electron chi connectivity index (χ2n) is 4.75. The molecule has 104 valence electrons. The first-order valence-corrected chi connectivity index (χ1v) is 6.39. The van der Waals surface area contributed by atoms with Gasteiger partial charge in [-0.25, -0.2) is 4.79 Å². The van der Waals surface area contributed by atoms with Gasteiger partial charge in [-0.15, -0.1) is 0 Å². The van der Waals surface area contributed by atoms with Crippen LogP contribution in [0, 0.1) is 0 Å². The van der Waals surface area contributed by atoms with Crippen LogP contribution in [0.1, 0.15) is 32.6 Å². The average molecular weight is 258 g/mol. The van der Waals surface area contributed by atoms with Crippen molar-refractivity contribution in [2.75, 3.05) is 19.7 Å². The molecule has 0 aromatic rings. The summed E-state index contributed by atoms with van der Waals surface area (Å²) in [5.74, 6) is -1.33. The number of nitrogens with zero attached hydrogens (tertiary/aromatic N) is 1. The molecule has 1 saturated heterocycles. The molecule has 0 saturated carbocycles. The number of rotatable bonds is 7. The number of likely N-dealkylation sites (tertiary alicyclic amines) is 1. The number of carbonyl (C=O) groups is 2. The number of hydrogen-bond acceptors (Lipinski definition) is 4.